The molecule has 0 heterocycles. The number of hydrogen-bond donors (Lipinski definition) is 1. The Morgan fingerprint density at radius 2 is 1.64 bits per heavy atom. The summed E-state index contributed by atoms with van der Waals surface area (Å²) in [5.74, 6) is -1.47. The molecule has 1 aromatic carbocycles. The monoisotopic (exact) mass is 532 g/mol. The molecule has 122 valence electrons. The summed E-state index contributed by atoms with van der Waals surface area (Å²) in [4.78, 5) is 39.4. The van der Waals surface area contributed by atoms with Crippen LogP contribution in [0.25, 0.3) is 0 Å². The van der Waals surface area contributed by atoms with Crippen molar-refractivity contribution >= 4 is 52.7 Å². The Hall–Kier alpha value is -0.910. The molecule has 0 aromatic heterocycles. The minimum atomic E-state index is -1.76. The van der Waals surface area contributed by atoms with E-state index in [4.69, 9.17) is 8.80 Å². The molecule has 0 saturated heterocycles. The van der Waals surface area contributed by atoms with Gasteiger partial charge in [-0.1, -0.05) is 0 Å². The van der Waals surface area contributed by atoms with Gasteiger partial charge in [0.05, 0.1) is 0 Å². The van der Waals surface area contributed by atoms with Crippen LogP contribution >= 0.6 is 34.9 Å². The van der Waals surface area contributed by atoms with Crippen LogP contribution in [0.2, 0.25) is 0 Å². The number of benzene rings is 1. The normalized spacial score (nSPS) is 10.8. The number of alkyl halides is 1. The molecule has 0 aliphatic rings. The number of rotatable bonds is 6. The van der Waals surface area contributed by atoms with E-state index in [1.807, 2.05) is 18.8 Å². The summed E-state index contributed by atoms with van der Waals surface area (Å²) in [6.45, 7) is 4.79. The summed E-state index contributed by atoms with van der Waals surface area (Å²) in [5, 5.41) is 0. The molecular formula is C14H18I2N2O4. The molecule has 2 N–H and O–H groups in total. The molecule has 0 saturated carbocycles. The predicted molar refractivity (Wildman–Crippen MR) is 102 cm³/mol. The molecule has 0 atom stereocenters. The van der Waals surface area contributed by atoms with Crippen molar-refractivity contribution in [2.45, 2.75) is 13.8 Å². The van der Waals surface area contributed by atoms with Gasteiger partial charge in [0.15, 0.2) is 0 Å². The fourth-order valence-electron chi connectivity index (χ4n) is 1.85. The molecule has 0 aliphatic heterocycles. The molecule has 8 heteroatoms. The van der Waals surface area contributed by atoms with E-state index in [2.05, 4.69) is 18.6 Å². The van der Waals surface area contributed by atoms with Crippen molar-refractivity contribution in [2.24, 2.45) is 5.73 Å². The van der Waals surface area contributed by atoms with Gasteiger partial charge in [-0.05, 0) is 0 Å². The average molecular weight is 532 g/mol. The van der Waals surface area contributed by atoms with Crippen LogP contribution in [0.3, 0.4) is 0 Å². The second-order valence-electron chi connectivity index (χ2n) is 4.36. The van der Waals surface area contributed by atoms with E-state index >= 15 is 0 Å². The van der Waals surface area contributed by atoms with Crippen LogP contribution in [0.15, 0.2) is 18.2 Å². The van der Waals surface area contributed by atoms with Crippen molar-refractivity contribution in [1.82, 2.24) is 4.90 Å². The molecule has 2 amide bonds. The zero-order chi connectivity index (χ0) is 16.9. The van der Waals surface area contributed by atoms with Crippen LogP contribution in [0.4, 0.5) is 0 Å². The molecule has 0 radical (unpaired) electrons. The van der Waals surface area contributed by atoms with Gasteiger partial charge in [0, 0.05) is 0 Å². The van der Waals surface area contributed by atoms with Crippen molar-refractivity contribution in [1.29, 1.82) is 0 Å². The van der Waals surface area contributed by atoms with E-state index in [0.717, 1.165) is 0 Å². The molecule has 0 fully saturated rings. The number of halogens is 2. The first-order valence-corrected chi connectivity index (χ1v) is 15.9. The Morgan fingerprint density at radius 3 is 2.09 bits per heavy atom. The Balaban J connectivity index is 3.28. The van der Waals surface area contributed by atoms with Crippen LogP contribution in [0.5, 0.6) is 0 Å². The second kappa shape index (κ2) is 8.65. The van der Waals surface area contributed by atoms with Crippen molar-refractivity contribution in [3.63, 3.8) is 0 Å². The predicted octanol–water partition coefficient (Wildman–Crippen LogP) is 2.83. The molecule has 22 heavy (non-hydrogen) atoms. The fraction of sp³-hybridized carbons (Fsp3) is 0.357. The van der Waals surface area contributed by atoms with Crippen molar-refractivity contribution in [3.8, 4) is 0 Å². The van der Waals surface area contributed by atoms with E-state index in [9.17, 15) is 14.4 Å². The number of primary amides is 1. The van der Waals surface area contributed by atoms with Gasteiger partial charge >= 0.3 is 147 Å². The van der Waals surface area contributed by atoms with E-state index < -0.39 is 28.1 Å². The number of amides is 2. The van der Waals surface area contributed by atoms with Crippen LogP contribution < -0.4 is 5.73 Å². The van der Waals surface area contributed by atoms with Crippen LogP contribution in [0.1, 0.15) is 44.9 Å². The number of hydrogen-bond acceptors (Lipinski definition) is 4. The van der Waals surface area contributed by atoms with Gasteiger partial charge in [-0.3, -0.25) is 0 Å². The summed E-state index contributed by atoms with van der Waals surface area (Å²) in [7, 11) is 0. The third-order valence-electron chi connectivity index (χ3n) is 2.93. The van der Waals surface area contributed by atoms with Crippen LogP contribution in [0, 0.1) is 0 Å². The SMILES string of the molecule is CCN(CC)C(=O)c1cc(C(N)=O)cc(C(=O)OI(C)I)c1. The maximum absolute atomic E-state index is 12.4. The van der Waals surface area contributed by atoms with Crippen molar-refractivity contribution in [2.75, 3.05) is 18.0 Å². The number of nitrogens with two attached hydrogens (primary N) is 1. The van der Waals surface area contributed by atoms with E-state index in [0.29, 0.717) is 13.1 Å². The van der Waals surface area contributed by atoms with Gasteiger partial charge in [0.2, 0.25) is 0 Å². The molecule has 0 bridgehead atoms. The zero-order valence-corrected chi connectivity index (χ0v) is 16.9. The minimum absolute atomic E-state index is 0.120. The van der Waals surface area contributed by atoms with Gasteiger partial charge in [-0.15, -0.1) is 0 Å². The standard InChI is InChI=1S/C14H18I2N2O4/c1-4-18(5-2)13(20)10-6-9(12(17)19)7-11(8-10)14(21)22-16(3)15/h6-8H,4-5H2,1-3H3,(H2,17,19). The first-order valence-electron chi connectivity index (χ1n) is 6.53. The van der Waals surface area contributed by atoms with Gasteiger partial charge in [0.25, 0.3) is 0 Å². The molecule has 0 aliphatic carbocycles. The summed E-state index contributed by atoms with van der Waals surface area (Å²) >= 11 is 0.333. The van der Waals surface area contributed by atoms with Gasteiger partial charge in [-0.25, -0.2) is 0 Å². The molecule has 1 rings (SSSR count). The van der Waals surface area contributed by atoms with Gasteiger partial charge in [0.1, 0.15) is 0 Å². The molecule has 0 unspecified atom stereocenters. The summed E-state index contributed by atoms with van der Waals surface area (Å²) in [6.07, 6.45) is 0. The topological polar surface area (TPSA) is 89.7 Å². The third-order valence-corrected chi connectivity index (χ3v) is 5.05. The number of carbonyl (C=O) groups is 3. The zero-order valence-electron chi connectivity index (χ0n) is 12.6. The van der Waals surface area contributed by atoms with E-state index in [1.54, 1.807) is 4.90 Å². The fourth-order valence-corrected chi connectivity index (χ4v) is 3.67. The van der Waals surface area contributed by atoms with Crippen LogP contribution in [-0.2, 0) is 3.07 Å². The maximum atomic E-state index is 12.4. The first kappa shape index (κ1) is 19.1. The first-order chi connectivity index (χ1) is 10.3. The molecule has 0 spiro atoms. The molecule has 6 nitrogen and oxygen atoms in total. The van der Waals surface area contributed by atoms with Crippen LogP contribution in [-0.4, -0.2) is 40.7 Å². The Kier molecular flexibility index (Phi) is 7.53. The quantitative estimate of drug-likeness (QED) is 0.451. The summed E-state index contributed by atoms with van der Waals surface area (Å²) < 4.78 is 5.25. The third kappa shape index (κ3) is 5.07. The summed E-state index contributed by atoms with van der Waals surface area (Å²) in [5.41, 5.74) is 5.84. The molecule has 1 aromatic rings. The Bertz CT molecular complexity index is 586. The summed E-state index contributed by atoms with van der Waals surface area (Å²) in [6, 6.07) is 4.22. The number of nitrogens with zero attached hydrogens (tertiary/aromatic N) is 1. The van der Waals surface area contributed by atoms with E-state index in [1.165, 1.54) is 18.2 Å². The van der Waals surface area contributed by atoms with Gasteiger partial charge in [-0.2, -0.15) is 0 Å². The molecular weight excluding hydrogens is 514 g/mol. The number of carbonyl (C=O) groups excluding carboxylic acids is 3. The Labute approximate surface area is 146 Å². The average Bonchev–Trinajstić information content (AvgIpc) is 2.47. The van der Waals surface area contributed by atoms with Crippen molar-refractivity contribution in [3.05, 3.63) is 34.9 Å². The second-order valence-corrected chi connectivity index (χ2v) is 14.5. The Morgan fingerprint density at radius 1 is 1.14 bits per heavy atom. The van der Waals surface area contributed by atoms with Gasteiger partial charge < -0.3 is 0 Å². The van der Waals surface area contributed by atoms with Crippen molar-refractivity contribution < 1.29 is 17.4 Å². The van der Waals surface area contributed by atoms with E-state index in [-0.39, 0.29) is 22.6 Å².